The summed E-state index contributed by atoms with van der Waals surface area (Å²) in [6, 6.07) is 0.738. The standard InChI is InChI=1S/C5H12ClO2Si/c1-4-5-9(6,7-2)8-3/h1,4-5H2,2-3H3. The summed E-state index contributed by atoms with van der Waals surface area (Å²) < 4.78 is 9.94. The Morgan fingerprint density at radius 3 is 2.00 bits per heavy atom. The van der Waals surface area contributed by atoms with Crippen molar-refractivity contribution in [3.63, 3.8) is 0 Å². The van der Waals surface area contributed by atoms with Crippen LogP contribution in [-0.2, 0) is 8.85 Å². The molecule has 0 N–H and O–H groups in total. The van der Waals surface area contributed by atoms with Crippen molar-refractivity contribution in [1.82, 2.24) is 0 Å². The molecule has 0 amide bonds. The summed E-state index contributed by atoms with van der Waals surface area (Å²) in [4.78, 5) is 0. The molecule has 0 spiro atoms. The Morgan fingerprint density at radius 2 is 1.89 bits per heavy atom. The average molecular weight is 168 g/mol. The highest BCUT2D eigenvalue weighted by Crippen LogP contribution is 2.17. The molecular formula is C5H12ClO2Si. The molecule has 0 saturated carbocycles. The van der Waals surface area contributed by atoms with Gasteiger partial charge in [-0.2, -0.15) is 0 Å². The van der Waals surface area contributed by atoms with E-state index in [0.29, 0.717) is 0 Å². The summed E-state index contributed by atoms with van der Waals surface area (Å²) in [5.74, 6) is 0. The summed E-state index contributed by atoms with van der Waals surface area (Å²) in [5, 5.41) is 0. The molecule has 0 aromatic rings. The second kappa shape index (κ2) is 4.28. The van der Waals surface area contributed by atoms with E-state index in [2.05, 4.69) is 6.92 Å². The number of rotatable bonds is 4. The van der Waals surface area contributed by atoms with E-state index in [-0.39, 0.29) is 0 Å². The van der Waals surface area contributed by atoms with Gasteiger partial charge in [0.25, 0.3) is 0 Å². The van der Waals surface area contributed by atoms with Gasteiger partial charge in [-0.15, -0.1) is 0 Å². The minimum absolute atomic E-state index is 0.738. The molecule has 0 unspecified atom stereocenters. The second-order valence-electron chi connectivity index (χ2n) is 1.67. The molecule has 0 rings (SSSR count). The van der Waals surface area contributed by atoms with Crippen LogP contribution in [0.3, 0.4) is 0 Å². The molecule has 0 aromatic heterocycles. The Morgan fingerprint density at radius 1 is 1.44 bits per heavy atom. The molecule has 2 nitrogen and oxygen atoms in total. The molecule has 4 heteroatoms. The van der Waals surface area contributed by atoms with E-state index in [1.165, 1.54) is 0 Å². The Labute approximate surface area is 62.1 Å². The summed E-state index contributed by atoms with van der Waals surface area (Å²) in [7, 11) is 0.848. The quantitative estimate of drug-likeness (QED) is 0.469. The molecule has 0 aliphatic carbocycles. The number of hydrogen-bond donors (Lipinski definition) is 0. The van der Waals surface area contributed by atoms with E-state index in [0.717, 1.165) is 12.5 Å². The van der Waals surface area contributed by atoms with Gasteiger partial charge in [0.05, 0.1) is 0 Å². The van der Waals surface area contributed by atoms with Gasteiger partial charge in [-0.3, -0.25) is 0 Å². The van der Waals surface area contributed by atoms with E-state index in [9.17, 15) is 0 Å². The Kier molecular flexibility index (Phi) is 4.48. The lowest BCUT2D eigenvalue weighted by Gasteiger charge is -2.17. The van der Waals surface area contributed by atoms with Crippen molar-refractivity contribution >= 4 is 18.9 Å². The predicted octanol–water partition coefficient (Wildman–Crippen LogP) is 1.68. The van der Waals surface area contributed by atoms with Gasteiger partial charge in [0.1, 0.15) is 0 Å². The van der Waals surface area contributed by atoms with Crippen LogP contribution in [0.5, 0.6) is 0 Å². The van der Waals surface area contributed by atoms with Crippen LogP contribution in [-0.4, -0.2) is 22.1 Å². The van der Waals surface area contributed by atoms with Gasteiger partial charge < -0.3 is 8.85 Å². The Balaban J connectivity index is 3.62. The average Bonchev–Trinajstić information content (AvgIpc) is 1.89. The van der Waals surface area contributed by atoms with Crippen molar-refractivity contribution in [1.29, 1.82) is 0 Å². The topological polar surface area (TPSA) is 18.5 Å². The fourth-order valence-electron chi connectivity index (χ4n) is 0.499. The fourth-order valence-corrected chi connectivity index (χ4v) is 1.90. The molecule has 0 aromatic carbocycles. The monoisotopic (exact) mass is 167 g/mol. The van der Waals surface area contributed by atoms with Gasteiger partial charge in [0, 0.05) is 20.3 Å². The first-order valence-electron chi connectivity index (χ1n) is 2.77. The van der Waals surface area contributed by atoms with E-state index >= 15 is 0 Å². The molecule has 0 saturated heterocycles. The van der Waals surface area contributed by atoms with Crippen molar-refractivity contribution in [3.8, 4) is 0 Å². The third kappa shape index (κ3) is 3.20. The molecule has 0 heterocycles. The summed E-state index contributed by atoms with van der Waals surface area (Å²) in [6.45, 7) is 3.66. The molecule has 0 bridgehead atoms. The molecule has 0 atom stereocenters. The zero-order valence-corrected chi connectivity index (χ0v) is 7.57. The third-order valence-electron chi connectivity index (χ3n) is 1.09. The van der Waals surface area contributed by atoms with E-state index in [4.69, 9.17) is 19.9 Å². The van der Waals surface area contributed by atoms with E-state index < -0.39 is 7.87 Å². The number of hydrogen-bond acceptors (Lipinski definition) is 2. The van der Waals surface area contributed by atoms with Crippen LogP contribution >= 0.6 is 11.1 Å². The first-order valence-corrected chi connectivity index (χ1v) is 5.80. The minimum atomic E-state index is -2.29. The highest BCUT2D eigenvalue weighted by atomic mass is 35.6. The van der Waals surface area contributed by atoms with Crippen molar-refractivity contribution < 1.29 is 8.85 Å². The van der Waals surface area contributed by atoms with Crippen LogP contribution in [0.4, 0.5) is 0 Å². The number of halogens is 1. The smallest absolute Gasteiger partial charge is 0.386 e. The van der Waals surface area contributed by atoms with Crippen molar-refractivity contribution in [2.24, 2.45) is 0 Å². The maximum Gasteiger partial charge on any atom is 0.442 e. The van der Waals surface area contributed by atoms with Crippen LogP contribution in [0.15, 0.2) is 0 Å². The molecule has 0 aliphatic heterocycles. The minimum Gasteiger partial charge on any atom is -0.386 e. The van der Waals surface area contributed by atoms with Crippen LogP contribution in [0.1, 0.15) is 6.42 Å². The third-order valence-corrected chi connectivity index (χ3v) is 4.75. The van der Waals surface area contributed by atoms with Gasteiger partial charge in [-0.25, -0.2) is 0 Å². The van der Waals surface area contributed by atoms with E-state index in [1.807, 2.05) is 0 Å². The van der Waals surface area contributed by atoms with Crippen molar-refractivity contribution in [2.75, 3.05) is 14.2 Å². The highest BCUT2D eigenvalue weighted by Gasteiger charge is 2.31. The maximum absolute atomic E-state index is 5.86. The molecule has 1 radical (unpaired) electrons. The normalized spacial score (nSPS) is 12.0. The van der Waals surface area contributed by atoms with Gasteiger partial charge in [0.2, 0.25) is 0 Å². The van der Waals surface area contributed by atoms with Crippen LogP contribution < -0.4 is 0 Å². The zero-order chi connectivity index (χ0) is 7.33. The molecule has 55 valence electrons. The molecular weight excluding hydrogens is 156 g/mol. The summed E-state index contributed by atoms with van der Waals surface area (Å²) in [6.07, 6.45) is 0.761. The van der Waals surface area contributed by atoms with Crippen LogP contribution in [0.2, 0.25) is 6.04 Å². The zero-order valence-electron chi connectivity index (χ0n) is 5.82. The molecule has 9 heavy (non-hydrogen) atoms. The predicted molar refractivity (Wildman–Crippen MR) is 40.4 cm³/mol. The largest absolute Gasteiger partial charge is 0.442 e. The van der Waals surface area contributed by atoms with Crippen LogP contribution in [0.25, 0.3) is 0 Å². The van der Waals surface area contributed by atoms with Gasteiger partial charge in [0.15, 0.2) is 0 Å². The first-order chi connectivity index (χ1) is 4.18. The Bertz CT molecular complexity index is 75.4. The van der Waals surface area contributed by atoms with Crippen molar-refractivity contribution in [2.45, 2.75) is 12.5 Å². The summed E-state index contributed by atoms with van der Waals surface area (Å²) >= 11 is 5.86. The van der Waals surface area contributed by atoms with Gasteiger partial charge >= 0.3 is 7.87 Å². The fraction of sp³-hybridized carbons (Fsp3) is 0.800. The molecule has 0 aliphatic rings. The lowest BCUT2D eigenvalue weighted by Crippen LogP contribution is -2.32. The van der Waals surface area contributed by atoms with Gasteiger partial charge in [-0.05, 0) is 0 Å². The highest BCUT2D eigenvalue weighted by molar-refractivity contribution is 7.12. The van der Waals surface area contributed by atoms with Crippen LogP contribution in [0, 0.1) is 6.92 Å². The maximum atomic E-state index is 5.86. The van der Waals surface area contributed by atoms with Gasteiger partial charge in [-0.1, -0.05) is 24.4 Å². The SMILES string of the molecule is [CH2]CC[Si](Cl)(OC)OC. The Hall–Kier alpha value is 0.427. The lowest BCUT2D eigenvalue weighted by atomic mass is 10.6. The summed E-state index contributed by atoms with van der Waals surface area (Å²) in [5.41, 5.74) is 0. The lowest BCUT2D eigenvalue weighted by molar-refractivity contribution is 0.266. The second-order valence-corrected chi connectivity index (χ2v) is 6.04. The van der Waals surface area contributed by atoms with Crippen molar-refractivity contribution in [3.05, 3.63) is 6.92 Å². The molecule has 0 fully saturated rings. The first kappa shape index (κ1) is 9.43. The van der Waals surface area contributed by atoms with E-state index in [1.54, 1.807) is 14.2 Å².